The highest BCUT2D eigenvalue weighted by Gasteiger charge is 2.49. The Hall–Kier alpha value is -1.54. The van der Waals surface area contributed by atoms with E-state index >= 15 is 0 Å². The smallest absolute Gasteiger partial charge is 0.248 e. The van der Waals surface area contributed by atoms with Crippen LogP contribution in [0.2, 0.25) is 0 Å². The maximum atomic E-state index is 12.0. The molecule has 2 aliphatic heterocycles. The average molecular weight is 382 g/mol. The highest BCUT2D eigenvalue weighted by Crippen LogP contribution is 2.41. The minimum absolute atomic E-state index is 0.0632. The van der Waals surface area contributed by atoms with E-state index in [1.807, 2.05) is 55.1 Å². The molecule has 1 aromatic rings. The monoisotopic (exact) mass is 381 g/mol. The molecule has 8 heteroatoms. The predicted octanol–water partition coefficient (Wildman–Crippen LogP) is 2.15. The number of benzene rings is 1. The lowest BCUT2D eigenvalue weighted by Crippen LogP contribution is -2.37. The van der Waals surface area contributed by atoms with Crippen LogP contribution in [0.5, 0.6) is 0 Å². The fraction of sp³-hybridized carbons (Fsp3) is 0.529. The van der Waals surface area contributed by atoms with E-state index in [1.165, 1.54) is 11.8 Å². The second kappa shape index (κ2) is 6.99. The molecule has 0 unspecified atom stereocenters. The van der Waals surface area contributed by atoms with Gasteiger partial charge in [-0.05, 0) is 30.7 Å². The molecular weight excluding hydrogens is 358 g/mol. The largest absolute Gasteiger partial charge is 0.378 e. The SMILES string of the molecule is CCCC(=O)N=C1S[C@H]2CS(=O)(=O)C[C@@H]2N1c1ccc(N(C)C)cc1. The molecule has 0 N–H and O–H groups in total. The van der Waals surface area contributed by atoms with E-state index in [4.69, 9.17) is 0 Å². The van der Waals surface area contributed by atoms with Crippen LogP contribution in [0.3, 0.4) is 0 Å². The molecule has 2 aliphatic rings. The third-order valence-corrected chi connectivity index (χ3v) is 7.60. The summed E-state index contributed by atoms with van der Waals surface area (Å²) < 4.78 is 24.1. The Bertz CT molecular complexity index is 788. The van der Waals surface area contributed by atoms with Crippen molar-refractivity contribution in [2.24, 2.45) is 4.99 Å². The second-order valence-electron chi connectivity index (χ2n) is 6.62. The average Bonchev–Trinajstić information content (AvgIpc) is 2.98. The Labute approximate surface area is 153 Å². The van der Waals surface area contributed by atoms with Crippen molar-refractivity contribution in [1.29, 1.82) is 0 Å². The number of aliphatic imine (C=N–C) groups is 1. The zero-order valence-electron chi connectivity index (χ0n) is 14.7. The summed E-state index contributed by atoms with van der Waals surface area (Å²) in [5, 5.41) is 0.563. The van der Waals surface area contributed by atoms with Gasteiger partial charge in [0.2, 0.25) is 5.91 Å². The van der Waals surface area contributed by atoms with E-state index in [0.717, 1.165) is 17.8 Å². The Morgan fingerprint density at radius 2 is 1.96 bits per heavy atom. The number of thioether (sulfide) groups is 1. The zero-order chi connectivity index (χ0) is 18.2. The zero-order valence-corrected chi connectivity index (χ0v) is 16.3. The molecule has 1 aromatic carbocycles. The molecule has 2 fully saturated rings. The number of anilines is 2. The highest BCUT2D eigenvalue weighted by molar-refractivity contribution is 8.16. The van der Waals surface area contributed by atoms with Gasteiger partial charge in [-0.3, -0.25) is 4.79 Å². The van der Waals surface area contributed by atoms with Gasteiger partial charge in [0.1, 0.15) is 0 Å². The number of nitrogens with zero attached hydrogens (tertiary/aromatic N) is 3. The van der Waals surface area contributed by atoms with Crippen molar-refractivity contribution in [3.05, 3.63) is 24.3 Å². The van der Waals surface area contributed by atoms with Crippen LogP contribution in [-0.4, -0.2) is 56.4 Å². The lowest BCUT2D eigenvalue weighted by molar-refractivity contribution is -0.117. The van der Waals surface area contributed by atoms with Crippen molar-refractivity contribution >= 4 is 44.0 Å². The maximum Gasteiger partial charge on any atom is 0.248 e. The Morgan fingerprint density at radius 3 is 2.56 bits per heavy atom. The van der Waals surface area contributed by atoms with Crippen LogP contribution in [-0.2, 0) is 14.6 Å². The molecule has 136 valence electrons. The van der Waals surface area contributed by atoms with Gasteiger partial charge in [-0.15, -0.1) is 0 Å². The number of carbonyl (C=O) groups excluding carboxylic acids is 1. The van der Waals surface area contributed by atoms with E-state index in [2.05, 4.69) is 4.99 Å². The molecule has 0 spiro atoms. The van der Waals surface area contributed by atoms with Crippen molar-refractivity contribution < 1.29 is 13.2 Å². The summed E-state index contributed by atoms with van der Waals surface area (Å²) in [5.41, 5.74) is 1.94. The highest BCUT2D eigenvalue weighted by atomic mass is 32.2. The van der Waals surface area contributed by atoms with Gasteiger partial charge in [0.15, 0.2) is 15.0 Å². The summed E-state index contributed by atoms with van der Waals surface area (Å²) in [4.78, 5) is 20.2. The molecule has 6 nitrogen and oxygen atoms in total. The molecule has 0 aliphatic carbocycles. The maximum absolute atomic E-state index is 12.0. The number of hydrogen-bond acceptors (Lipinski definition) is 5. The first kappa shape index (κ1) is 18.3. The lowest BCUT2D eigenvalue weighted by Gasteiger charge is -2.25. The van der Waals surface area contributed by atoms with Crippen LogP contribution in [0.25, 0.3) is 0 Å². The van der Waals surface area contributed by atoms with E-state index in [0.29, 0.717) is 11.6 Å². The van der Waals surface area contributed by atoms with E-state index in [1.54, 1.807) is 0 Å². The molecule has 2 heterocycles. The van der Waals surface area contributed by atoms with Gasteiger partial charge < -0.3 is 9.80 Å². The quantitative estimate of drug-likeness (QED) is 0.796. The lowest BCUT2D eigenvalue weighted by atomic mass is 10.2. The number of rotatable bonds is 4. The van der Waals surface area contributed by atoms with Crippen molar-refractivity contribution in [3.8, 4) is 0 Å². The summed E-state index contributed by atoms with van der Waals surface area (Å²) in [5.74, 6) is 0.110. The molecule has 2 saturated heterocycles. The molecule has 0 saturated carbocycles. The van der Waals surface area contributed by atoms with E-state index < -0.39 is 9.84 Å². The van der Waals surface area contributed by atoms with Crippen LogP contribution >= 0.6 is 11.8 Å². The van der Waals surface area contributed by atoms with Gasteiger partial charge in [-0.25, -0.2) is 8.42 Å². The van der Waals surface area contributed by atoms with Crippen LogP contribution < -0.4 is 9.80 Å². The number of carbonyl (C=O) groups is 1. The van der Waals surface area contributed by atoms with Gasteiger partial charge in [0.25, 0.3) is 0 Å². The first-order chi connectivity index (χ1) is 11.8. The van der Waals surface area contributed by atoms with E-state index in [9.17, 15) is 13.2 Å². The van der Waals surface area contributed by atoms with Crippen molar-refractivity contribution in [2.45, 2.75) is 31.1 Å². The summed E-state index contributed by atoms with van der Waals surface area (Å²) in [6, 6.07) is 7.74. The van der Waals surface area contributed by atoms with Gasteiger partial charge >= 0.3 is 0 Å². The Kier molecular flexibility index (Phi) is 5.11. The first-order valence-corrected chi connectivity index (χ1v) is 11.1. The fourth-order valence-corrected chi connectivity index (χ4v) is 7.09. The summed E-state index contributed by atoms with van der Waals surface area (Å²) in [6.45, 7) is 1.94. The normalized spacial score (nSPS) is 26.0. The second-order valence-corrected chi connectivity index (χ2v) is 9.98. The van der Waals surface area contributed by atoms with Crippen LogP contribution in [0.4, 0.5) is 11.4 Å². The minimum Gasteiger partial charge on any atom is -0.378 e. The Balaban J connectivity index is 1.96. The molecule has 0 bridgehead atoms. The molecule has 2 atom stereocenters. The first-order valence-electron chi connectivity index (χ1n) is 8.36. The molecular formula is C17H23N3O3S2. The number of hydrogen-bond donors (Lipinski definition) is 0. The Morgan fingerprint density at radius 1 is 1.28 bits per heavy atom. The van der Waals surface area contributed by atoms with Crippen LogP contribution in [0.15, 0.2) is 29.3 Å². The summed E-state index contributed by atoms with van der Waals surface area (Å²) in [6.07, 6.45) is 1.16. The molecule has 0 radical (unpaired) electrons. The number of amides is 1. The van der Waals surface area contributed by atoms with Crippen molar-refractivity contribution in [1.82, 2.24) is 0 Å². The third kappa shape index (κ3) is 3.84. The number of sulfone groups is 1. The van der Waals surface area contributed by atoms with Gasteiger partial charge in [-0.2, -0.15) is 4.99 Å². The third-order valence-electron chi connectivity index (χ3n) is 4.40. The summed E-state index contributed by atoms with van der Waals surface area (Å²) >= 11 is 1.42. The molecule has 0 aromatic heterocycles. The molecule has 25 heavy (non-hydrogen) atoms. The summed E-state index contributed by atoms with van der Waals surface area (Å²) in [7, 11) is 0.897. The predicted molar refractivity (Wildman–Crippen MR) is 104 cm³/mol. The van der Waals surface area contributed by atoms with Crippen LogP contribution in [0.1, 0.15) is 19.8 Å². The van der Waals surface area contributed by atoms with Gasteiger partial charge in [0.05, 0.1) is 17.5 Å². The number of amidine groups is 1. The van der Waals surface area contributed by atoms with Crippen LogP contribution in [0, 0.1) is 0 Å². The molecule has 3 rings (SSSR count). The number of fused-ring (bicyclic) bond motifs is 1. The fourth-order valence-electron chi connectivity index (χ4n) is 3.15. The topological polar surface area (TPSA) is 70.0 Å². The van der Waals surface area contributed by atoms with Gasteiger partial charge in [0, 0.05) is 37.1 Å². The van der Waals surface area contributed by atoms with Crippen molar-refractivity contribution in [2.75, 3.05) is 35.4 Å². The standard InChI is InChI=1S/C17H23N3O3S2/c1-4-5-16(21)18-17-20(13-8-6-12(7-9-13)19(2)3)14-10-25(22,23)11-15(14)24-17/h6-9,14-15H,4-5,10-11H2,1-3H3/t14-,15-/m0/s1. The molecule has 1 amide bonds. The minimum atomic E-state index is -3.04. The van der Waals surface area contributed by atoms with Crippen molar-refractivity contribution in [3.63, 3.8) is 0 Å². The van der Waals surface area contributed by atoms with E-state index in [-0.39, 0.29) is 28.7 Å². The van der Waals surface area contributed by atoms with Gasteiger partial charge in [-0.1, -0.05) is 18.7 Å².